The van der Waals surface area contributed by atoms with E-state index in [4.69, 9.17) is 15.0 Å². The van der Waals surface area contributed by atoms with E-state index in [0.717, 1.165) is 27.9 Å². The number of methoxy groups -OCH3 is 1. The van der Waals surface area contributed by atoms with Crippen LogP contribution >= 0.6 is 0 Å². The van der Waals surface area contributed by atoms with Gasteiger partial charge < -0.3 is 10.1 Å². The lowest BCUT2D eigenvalue weighted by Gasteiger charge is -2.12. The van der Waals surface area contributed by atoms with Crippen molar-refractivity contribution < 1.29 is 9.53 Å². The van der Waals surface area contributed by atoms with Crippen molar-refractivity contribution >= 4 is 22.6 Å². The first-order chi connectivity index (χ1) is 15.1. The van der Waals surface area contributed by atoms with Crippen LogP contribution in [-0.2, 0) is 6.54 Å². The van der Waals surface area contributed by atoms with E-state index < -0.39 is 0 Å². The third kappa shape index (κ3) is 4.23. The number of para-hydroxylation sites is 1. The lowest BCUT2D eigenvalue weighted by Crippen LogP contribution is -2.16. The van der Waals surface area contributed by atoms with E-state index in [1.54, 1.807) is 23.9 Å². The molecule has 0 aliphatic heterocycles. The first-order valence-corrected chi connectivity index (χ1v) is 9.86. The molecular formula is C24H21N5O2. The molecule has 4 rings (SSSR count). The van der Waals surface area contributed by atoms with Gasteiger partial charge in [0.15, 0.2) is 0 Å². The van der Waals surface area contributed by atoms with Gasteiger partial charge >= 0.3 is 0 Å². The maximum atomic E-state index is 13.3. The highest BCUT2D eigenvalue weighted by molar-refractivity contribution is 6.12. The lowest BCUT2D eigenvalue weighted by atomic mass is 10.0. The van der Waals surface area contributed by atoms with Crippen LogP contribution in [0.5, 0.6) is 5.75 Å². The highest BCUT2D eigenvalue weighted by Crippen LogP contribution is 2.27. The minimum absolute atomic E-state index is 0.258. The average molecular weight is 411 g/mol. The fraction of sp³-hybridized carbons (Fsp3) is 0.167. The minimum atomic E-state index is -0.258. The Balaban J connectivity index is 1.74. The number of nitriles is 1. The van der Waals surface area contributed by atoms with Crippen molar-refractivity contribution in [1.29, 1.82) is 5.26 Å². The molecule has 0 radical (unpaired) electrons. The van der Waals surface area contributed by atoms with Crippen molar-refractivity contribution in [2.75, 3.05) is 12.4 Å². The van der Waals surface area contributed by atoms with Gasteiger partial charge in [-0.15, -0.1) is 0 Å². The van der Waals surface area contributed by atoms with Crippen LogP contribution in [0, 0.1) is 18.3 Å². The molecule has 2 aromatic heterocycles. The molecule has 0 bridgehead atoms. The van der Waals surface area contributed by atoms with E-state index >= 15 is 0 Å². The highest BCUT2D eigenvalue weighted by Gasteiger charge is 2.16. The Labute approximate surface area is 179 Å². The van der Waals surface area contributed by atoms with Crippen LogP contribution in [0.1, 0.15) is 22.5 Å². The molecule has 1 amide bonds. The van der Waals surface area contributed by atoms with E-state index in [1.165, 1.54) is 0 Å². The SMILES string of the molecule is COc1ccc(-c2cc(C(=O)Nc3cc(C)nn3CCC#N)c3ccccc3n2)cc1. The number of hydrogen-bond acceptors (Lipinski definition) is 5. The first-order valence-electron chi connectivity index (χ1n) is 9.86. The number of rotatable bonds is 6. The molecule has 1 N–H and O–H groups in total. The Morgan fingerprint density at radius 1 is 1.16 bits per heavy atom. The zero-order valence-electron chi connectivity index (χ0n) is 17.3. The largest absolute Gasteiger partial charge is 0.497 e. The smallest absolute Gasteiger partial charge is 0.257 e. The Kier molecular flexibility index (Phi) is 5.63. The summed E-state index contributed by atoms with van der Waals surface area (Å²) in [7, 11) is 1.62. The first kappa shape index (κ1) is 20.1. The van der Waals surface area contributed by atoms with Crippen LogP contribution in [-0.4, -0.2) is 27.8 Å². The van der Waals surface area contributed by atoms with Crippen molar-refractivity contribution in [2.24, 2.45) is 0 Å². The summed E-state index contributed by atoms with van der Waals surface area (Å²) in [5.41, 5.74) is 3.60. The maximum absolute atomic E-state index is 13.3. The number of pyridine rings is 1. The molecular weight excluding hydrogens is 390 g/mol. The van der Waals surface area contributed by atoms with E-state index in [2.05, 4.69) is 16.5 Å². The summed E-state index contributed by atoms with van der Waals surface area (Å²) in [5.74, 6) is 1.06. The molecule has 7 heteroatoms. The van der Waals surface area contributed by atoms with Crippen LogP contribution in [0.2, 0.25) is 0 Å². The predicted molar refractivity (Wildman–Crippen MR) is 119 cm³/mol. The van der Waals surface area contributed by atoms with Gasteiger partial charge in [0.05, 0.1) is 48.6 Å². The molecule has 2 heterocycles. The normalized spacial score (nSPS) is 10.6. The zero-order valence-corrected chi connectivity index (χ0v) is 17.3. The van der Waals surface area contributed by atoms with Gasteiger partial charge in [-0.3, -0.25) is 4.79 Å². The second-order valence-corrected chi connectivity index (χ2v) is 7.06. The number of carbonyl (C=O) groups is 1. The summed E-state index contributed by atoms with van der Waals surface area (Å²) >= 11 is 0. The van der Waals surface area contributed by atoms with Gasteiger partial charge in [-0.05, 0) is 43.3 Å². The number of ether oxygens (including phenoxy) is 1. The lowest BCUT2D eigenvalue weighted by molar-refractivity contribution is 0.102. The van der Waals surface area contributed by atoms with Crippen molar-refractivity contribution in [3.05, 3.63) is 71.9 Å². The summed E-state index contributed by atoms with van der Waals surface area (Å²) < 4.78 is 6.87. The average Bonchev–Trinajstić information content (AvgIpc) is 3.15. The van der Waals surface area contributed by atoms with Gasteiger partial charge in [0, 0.05) is 17.0 Å². The summed E-state index contributed by atoms with van der Waals surface area (Å²) in [6, 6.07) is 20.8. The maximum Gasteiger partial charge on any atom is 0.257 e. The van der Waals surface area contributed by atoms with Crippen molar-refractivity contribution in [3.8, 4) is 23.1 Å². The number of amides is 1. The second-order valence-electron chi connectivity index (χ2n) is 7.06. The van der Waals surface area contributed by atoms with Crippen LogP contribution < -0.4 is 10.1 Å². The fourth-order valence-corrected chi connectivity index (χ4v) is 3.43. The topological polar surface area (TPSA) is 92.8 Å². The number of nitrogens with one attached hydrogen (secondary N) is 1. The monoisotopic (exact) mass is 411 g/mol. The van der Waals surface area contributed by atoms with Crippen LogP contribution in [0.4, 0.5) is 5.82 Å². The van der Waals surface area contributed by atoms with Crippen LogP contribution in [0.3, 0.4) is 0 Å². The number of benzene rings is 2. The van der Waals surface area contributed by atoms with E-state index in [0.29, 0.717) is 30.0 Å². The zero-order chi connectivity index (χ0) is 21.8. The number of fused-ring (bicyclic) bond motifs is 1. The third-order valence-electron chi connectivity index (χ3n) is 4.93. The third-order valence-corrected chi connectivity index (χ3v) is 4.93. The molecule has 0 unspecified atom stereocenters. The standard InChI is InChI=1S/C24H21N5O2/c1-16-14-23(29(28-16)13-5-12-25)27-24(30)20-15-22(17-8-10-18(31-2)11-9-17)26-21-7-4-3-6-19(20)21/h3-4,6-11,14-15H,5,13H2,1-2H3,(H,27,30). The Morgan fingerprint density at radius 3 is 2.68 bits per heavy atom. The van der Waals surface area contributed by atoms with Crippen LogP contribution in [0.25, 0.3) is 22.2 Å². The summed E-state index contributed by atoms with van der Waals surface area (Å²) in [5, 5.41) is 17.0. The van der Waals surface area contributed by atoms with E-state index in [9.17, 15) is 4.79 Å². The summed E-state index contributed by atoms with van der Waals surface area (Å²) in [6.45, 7) is 2.26. The van der Waals surface area contributed by atoms with Gasteiger partial charge in [-0.1, -0.05) is 18.2 Å². The Bertz CT molecular complexity index is 1290. The molecule has 0 atom stereocenters. The quantitative estimate of drug-likeness (QED) is 0.501. The van der Waals surface area contributed by atoms with Gasteiger partial charge in [-0.2, -0.15) is 10.4 Å². The minimum Gasteiger partial charge on any atom is -0.497 e. The molecule has 0 spiro atoms. The van der Waals surface area contributed by atoms with Crippen LogP contribution in [0.15, 0.2) is 60.7 Å². The molecule has 0 saturated carbocycles. The van der Waals surface area contributed by atoms with Gasteiger partial charge in [0.2, 0.25) is 0 Å². The van der Waals surface area contributed by atoms with Crippen molar-refractivity contribution in [3.63, 3.8) is 0 Å². The molecule has 0 aliphatic carbocycles. The van der Waals surface area contributed by atoms with Gasteiger partial charge in [-0.25, -0.2) is 9.67 Å². The predicted octanol–water partition coefficient (Wildman–Crippen LogP) is 4.58. The number of aryl methyl sites for hydroxylation is 2. The Morgan fingerprint density at radius 2 is 1.94 bits per heavy atom. The highest BCUT2D eigenvalue weighted by atomic mass is 16.5. The van der Waals surface area contributed by atoms with Crippen molar-refractivity contribution in [2.45, 2.75) is 19.9 Å². The molecule has 31 heavy (non-hydrogen) atoms. The molecule has 4 aromatic rings. The van der Waals surface area contributed by atoms with E-state index in [1.807, 2.05) is 55.5 Å². The summed E-state index contributed by atoms with van der Waals surface area (Å²) in [6.07, 6.45) is 0.309. The number of nitrogens with zero attached hydrogens (tertiary/aromatic N) is 4. The number of aromatic nitrogens is 3. The number of hydrogen-bond donors (Lipinski definition) is 1. The molecule has 2 aromatic carbocycles. The number of anilines is 1. The van der Waals surface area contributed by atoms with Gasteiger partial charge in [0.1, 0.15) is 11.6 Å². The molecule has 154 valence electrons. The van der Waals surface area contributed by atoms with Gasteiger partial charge in [0.25, 0.3) is 5.91 Å². The second kappa shape index (κ2) is 8.67. The molecule has 0 saturated heterocycles. The molecule has 7 nitrogen and oxygen atoms in total. The number of carbonyl (C=O) groups excluding carboxylic acids is 1. The van der Waals surface area contributed by atoms with Crippen molar-refractivity contribution in [1.82, 2.24) is 14.8 Å². The Hall–Kier alpha value is -4.18. The summed E-state index contributed by atoms with van der Waals surface area (Å²) in [4.78, 5) is 18.0. The molecule has 0 fully saturated rings. The van der Waals surface area contributed by atoms with E-state index in [-0.39, 0.29) is 5.91 Å². The molecule has 0 aliphatic rings. The fourth-order valence-electron chi connectivity index (χ4n) is 3.43.